The number of carbonyl (C=O) groups is 1. The van der Waals surface area contributed by atoms with Gasteiger partial charge in [-0.2, -0.15) is 8.78 Å². The van der Waals surface area contributed by atoms with Crippen LogP contribution in [0.15, 0.2) is 41.3 Å². The van der Waals surface area contributed by atoms with Crippen molar-refractivity contribution >= 4 is 46.0 Å². The molecule has 0 aliphatic rings. The number of hydrogen-bond donors (Lipinski definition) is 1. The standard InChI is InChI=1S/C18H14ClF2N3OS/c1-9-10(2)23-15-8-11(6-7-13(15)22-9)17(25)24-14-5-3-4-12(19)16(14)26-18(20)21/h3-8,18H,1-2H3,(H,24,25). The van der Waals surface area contributed by atoms with Crippen LogP contribution in [0.4, 0.5) is 14.5 Å². The van der Waals surface area contributed by atoms with Gasteiger partial charge >= 0.3 is 0 Å². The quantitative estimate of drug-likeness (QED) is 0.597. The first kappa shape index (κ1) is 18.5. The summed E-state index contributed by atoms with van der Waals surface area (Å²) in [7, 11) is 0. The zero-order valence-corrected chi connectivity index (χ0v) is 15.5. The Morgan fingerprint density at radius 1 is 1.12 bits per heavy atom. The molecule has 3 aromatic rings. The first-order valence-electron chi connectivity index (χ1n) is 7.65. The molecule has 26 heavy (non-hydrogen) atoms. The summed E-state index contributed by atoms with van der Waals surface area (Å²) in [5, 5.41) is 2.79. The number of aryl methyl sites for hydroxylation is 2. The van der Waals surface area contributed by atoms with Crippen molar-refractivity contribution in [3.05, 3.63) is 58.4 Å². The van der Waals surface area contributed by atoms with E-state index in [1.807, 2.05) is 13.8 Å². The van der Waals surface area contributed by atoms with Crippen molar-refractivity contribution in [3.8, 4) is 0 Å². The fraction of sp³-hybridized carbons (Fsp3) is 0.167. The molecule has 0 saturated carbocycles. The lowest BCUT2D eigenvalue weighted by atomic mass is 10.1. The summed E-state index contributed by atoms with van der Waals surface area (Å²) in [5.74, 6) is -3.09. The van der Waals surface area contributed by atoms with Crippen LogP contribution in [0, 0.1) is 13.8 Å². The molecule has 3 rings (SSSR count). The van der Waals surface area contributed by atoms with E-state index in [4.69, 9.17) is 11.6 Å². The molecule has 8 heteroatoms. The number of aromatic nitrogens is 2. The highest BCUT2D eigenvalue weighted by Crippen LogP contribution is 2.37. The summed E-state index contributed by atoms with van der Waals surface area (Å²) in [6, 6.07) is 9.56. The normalized spacial score (nSPS) is 11.2. The molecule has 0 atom stereocenters. The Morgan fingerprint density at radius 3 is 2.50 bits per heavy atom. The van der Waals surface area contributed by atoms with Gasteiger partial charge in [-0.15, -0.1) is 0 Å². The Kier molecular flexibility index (Phi) is 5.38. The second-order valence-electron chi connectivity index (χ2n) is 5.55. The molecule has 1 amide bonds. The van der Waals surface area contributed by atoms with Crippen LogP contribution < -0.4 is 5.32 Å². The number of carbonyl (C=O) groups excluding carboxylic acids is 1. The second-order valence-corrected chi connectivity index (χ2v) is 6.95. The molecule has 0 bridgehead atoms. The van der Waals surface area contributed by atoms with E-state index < -0.39 is 11.7 Å². The highest BCUT2D eigenvalue weighted by Gasteiger charge is 2.16. The molecule has 0 aliphatic heterocycles. The summed E-state index contributed by atoms with van der Waals surface area (Å²) in [4.78, 5) is 21.5. The molecule has 1 aromatic heterocycles. The van der Waals surface area contributed by atoms with E-state index in [-0.39, 0.29) is 15.6 Å². The van der Waals surface area contributed by atoms with Crippen LogP contribution in [0.3, 0.4) is 0 Å². The van der Waals surface area contributed by atoms with E-state index in [0.29, 0.717) is 28.4 Å². The Hall–Kier alpha value is -2.25. The summed E-state index contributed by atoms with van der Waals surface area (Å²) in [6.45, 7) is 3.71. The van der Waals surface area contributed by atoms with Crippen LogP contribution in [0.2, 0.25) is 5.02 Å². The average Bonchev–Trinajstić information content (AvgIpc) is 2.58. The van der Waals surface area contributed by atoms with E-state index in [1.54, 1.807) is 24.3 Å². The molecule has 0 fully saturated rings. The number of alkyl halides is 2. The summed E-state index contributed by atoms with van der Waals surface area (Å²) < 4.78 is 25.5. The fourth-order valence-electron chi connectivity index (χ4n) is 2.38. The maximum Gasteiger partial charge on any atom is 0.289 e. The second kappa shape index (κ2) is 7.55. The Balaban J connectivity index is 1.92. The van der Waals surface area contributed by atoms with Crippen molar-refractivity contribution in [3.63, 3.8) is 0 Å². The van der Waals surface area contributed by atoms with Crippen LogP contribution >= 0.6 is 23.4 Å². The van der Waals surface area contributed by atoms with Crippen LogP contribution in [0.25, 0.3) is 11.0 Å². The molecular formula is C18H14ClF2N3OS. The Morgan fingerprint density at radius 2 is 1.81 bits per heavy atom. The highest BCUT2D eigenvalue weighted by atomic mass is 35.5. The van der Waals surface area contributed by atoms with Crippen molar-refractivity contribution < 1.29 is 13.6 Å². The van der Waals surface area contributed by atoms with Crippen molar-refractivity contribution in [1.82, 2.24) is 9.97 Å². The van der Waals surface area contributed by atoms with E-state index >= 15 is 0 Å². The predicted octanol–water partition coefficient (Wildman–Crippen LogP) is 5.47. The lowest BCUT2D eigenvalue weighted by molar-refractivity contribution is 0.102. The van der Waals surface area contributed by atoms with Gasteiger partial charge in [-0.1, -0.05) is 29.4 Å². The summed E-state index contributed by atoms with van der Waals surface area (Å²) in [6.07, 6.45) is 0. The van der Waals surface area contributed by atoms with Crippen LogP contribution in [0.5, 0.6) is 0 Å². The number of anilines is 1. The minimum atomic E-state index is -2.65. The molecule has 0 spiro atoms. The molecule has 1 N–H and O–H groups in total. The van der Waals surface area contributed by atoms with E-state index in [0.717, 1.165) is 11.4 Å². The molecule has 0 radical (unpaired) electrons. The van der Waals surface area contributed by atoms with Crippen molar-refractivity contribution in [2.45, 2.75) is 24.5 Å². The number of fused-ring (bicyclic) bond motifs is 1. The molecule has 2 aromatic carbocycles. The average molecular weight is 394 g/mol. The smallest absolute Gasteiger partial charge is 0.289 e. The number of nitrogens with one attached hydrogen (secondary N) is 1. The Labute approximate surface area is 158 Å². The molecule has 0 aliphatic carbocycles. The lowest BCUT2D eigenvalue weighted by Crippen LogP contribution is -2.13. The summed E-state index contributed by atoms with van der Waals surface area (Å²) >= 11 is 6.28. The molecule has 0 unspecified atom stereocenters. The number of thioether (sulfide) groups is 1. The van der Waals surface area contributed by atoms with Gasteiger partial charge in [-0.25, -0.2) is 9.97 Å². The fourth-order valence-corrected chi connectivity index (χ4v) is 3.30. The van der Waals surface area contributed by atoms with Gasteiger partial charge in [0.05, 0.1) is 38.0 Å². The topological polar surface area (TPSA) is 54.9 Å². The third-order valence-electron chi connectivity index (χ3n) is 3.76. The molecule has 4 nitrogen and oxygen atoms in total. The van der Waals surface area contributed by atoms with E-state index in [1.165, 1.54) is 12.1 Å². The van der Waals surface area contributed by atoms with Gasteiger partial charge in [0.2, 0.25) is 0 Å². The zero-order chi connectivity index (χ0) is 18.8. The van der Waals surface area contributed by atoms with Crippen LogP contribution in [-0.2, 0) is 0 Å². The number of hydrogen-bond acceptors (Lipinski definition) is 4. The maximum atomic E-state index is 12.8. The molecule has 0 saturated heterocycles. The summed E-state index contributed by atoms with van der Waals surface area (Å²) in [5.41, 5.74) is 3.46. The van der Waals surface area contributed by atoms with Crippen LogP contribution in [-0.4, -0.2) is 21.6 Å². The third kappa shape index (κ3) is 3.94. The SMILES string of the molecule is Cc1nc2ccc(C(=O)Nc3cccc(Cl)c3SC(F)F)cc2nc1C. The van der Waals surface area contributed by atoms with Gasteiger partial charge in [-0.05, 0) is 44.2 Å². The maximum absolute atomic E-state index is 12.8. The van der Waals surface area contributed by atoms with E-state index in [9.17, 15) is 13.6 Å². The Bertz CT molecular complexity index is 998. The van der Waals surface area contributed by atoms with Gasteiger partial charge in [0, 0.05) is 5.56 Å². The largest absolute Gasteiger partial charge is 0.321 e. The first-order chi connectivity index (χ1) is 12.3. The first-order valence-corrected chi connectivity index (χ1v) is 8.90. The van der Waals surface area contributed by atoms with E-state index in [2.05, 4.69) is 15.3 Å². The monoisotopic (exact) mass is 393 g/mol. The van der Waals surface area contributed by atoms with Crippen molar-refractivity contribution in [2.24, 2.45) is 0 Å². The van der Waals surface area contributed by atoms with Gasteiger partial charge in [0.15, 0.2) is 0 Å². The molecule has 134 valence electrons. The van der Waals surface area contributed by atoms with Crippen molar-refractivity contribution in [1.29, 1.82) is 0 Å². The minimum Gasteiger partial charge on any atom is -0.321 e. The minimum absolute atomic E-state index is 0.129. The predicted molar refractivity (Wildman–Crippen MR) is 100 cm³/mol. The third-order valence-corrected chi connectivity index (χ3v) is 5.04. The lowest BCUT2D eigenvalue weighted by Gasteiger charge is -2.12. The highest BCUT2D eigenvalue weighted by molar-refractivity contribution is 7.99. The van der Waals surface area contributed by atoms with Gasteiger partial charge in [0.1, 0.15) is 0 Å². The number of amides is 1. The molecular weight excluding hydrogens is 380 g/mol. The molecule has 1 heterocycles. The number of rotatable bonds is 4. The number of nitrogens with zero attached hydrogens (tertiary/aromatic N) is 2. The zero-order valence-electron chi connectivity index (χ0n) is 13.9. The number of benzene rings is 2. The van der Waals surface area contributed by atoms with Gasteiger partial charge in [0.25, 0.3) is 11.7 Å². The van der Waals surface area contributed by atoms with Gasteiger partial charge in [-0.3, -0.25) is 4.79 Å². The number of halogens is 3. The van der Waals surface area contributed by atoms with Crippen molar-refractivity contribution in [2.75, 3.05) is 5.32 Å². The van der Waals surface area contributed by atoms with Gasteiger partial charge < -0.3 is 5.32 Å². The van der Waals surface area contributed by atoms with Crippen LogP contribution in [0.1, 0.15) is 21.7 Å².